The molecule has 4 heteroatoms. The van der Waals surface area contributed by atoms with E-state index in [-0.39, 0.29) is 11.3 Å². The molecule has 126 valence electrons. The molecule has 0 atom stereocenters. The normalized spacial score (nSPS) is 16.5. The first-order valence-electron chi connectivity index (χ1n) is 8.32. The predicted molar refractivity (Wildman–Crippen MR) is 99.0 cm³/mol. The van der Waals surface area contributed by atoms with Crippen LogP contribution in [-0.4, -0.2) is 25.7 Å². The van der Waals surface area contributed by atoms with Gasteiger partial charge in [0, 0.05) is 29.6 Å². The van der Waals surface area contributed by atoms with E-state index in [1.807, 2.05) is 30.3 Å². The van der Waals surface area contributed by atoms with Crippen LogP contribution >= 0.6 is 15.9 Å². The molecule has 1 aliphatic rings. The number of hydrogen-bond donors (Lipinski definition) is 1. The van der Waals surface area contributed by atoms with Gasteiger partial charge in [0.1, 0.15) is 0 Å². The van der Waals surface area contributed by atoms with Crippen molar-refractivity contribution in [3.05, 3.63) is 70.2 Å². The van der Waals surface area contributed by atoms with E-state index in [2.05, 4.69) is 45.5 Å². The van der Waals surface area contributed by atoms with Crippen LogP contribution in [0.5, 0.6) is 0 Å². The average molecular weight is 388 g/mol. The van der Waals surface area contributed by atoms with E-state index in [1.54, 1.807) is 0 Å². The molecule has 0 radical (unpaired) electrons. The number of ether oxygens (including phenoxy) is 1. The Hall–Kier alpha value is -1.65. The molecule has 1 fully saturated rings. The lowest BCUT2D eigenvalue weighted by Gasteiger charge is -2.38. The second-order valence-electron chi connectivity index (χ2n) is 6.34. The SMILES string of the molecule is O=C(Cc1cccc(Br)c1)NCC1(c2ccccc2)CCOCC1. The van der Waals surface area contributed by atoms with Crippen molar-refractivity contribution in [2.75, 3.05) is 19.8 Å². The second-order valence-corrected chi connectivity index (χ2v) is 7.26. The summed E-state index contributed by atoms with van der Waals surface area (Å²) < 4.78 is 6.54. The van der Waals surface area contributed by atoms with Crippen LogP contribution in [0.25, 0.3) is 0 Å². The van der Waals surface area contributed by atoms with E-state index in [4.69, 9.17) is 4.74 Å². The van der Waals surface area contributed by atoms with Crippen LogP contribution in [0.3, 0.4) is 0 Å². The molecule has 3 nitrogen and oxygen atoms in total. The van der Waals surface area contributed by atoms with Gasteiger partial charge in [0.25, 0.3) is 0 Å². The maximum atomic E-state index is 12.4. The Morgan fingerprint density at radius 1 is 1.08 bits per heavy atom. The largest absolute Gasteiger partial charge is 0.381 e. The van der Waals surface area contributed by atoms with Gasteiger partial charge in [-0.15, -0.1) is 0 Å². The van der Waals surface area contributed by atoms with Crippen molar-refractivity contribution in [3.8, 4) is 0 Å². The van der Waals surface area contributed by atoms with Gasteiger partial charge in [0.15, 0.2) is 0 Å². The Morgan fingerprint density at radius 3 is 2.54 bits per heavy atom. The number of nitrogens with one attached hydrogen (secondary N) is 1. The summed E-state index contributed by atoms with van der Waals surface area (Å²) in [4.78, 5) is 12.4. The number of amides is 1. The summed E-state index contributed by atoms with van der Waals surface area (Å²) in [5.74, 6) is 0.0647. The molecule has 0 bridgehead atoms. The Bertz CT molecular complexity index is 681. The van der Waals surface area contributed by atoms with Gasteiger partial charge in [0.05, 0.1) is 6.42 Å². The fraction of sp³-hybridized carbons (Fsp3) is 0.350. The van der Waals surface area contributed by atoms with Crippen molar-refractivity contribution in [2.24, 2.45) is 0 Å². The van der Waals surface area contributed by atoms with Crippen LogP contribution in [0.1, 0.15) is 24.0 Å². The van der Waals surface area contributed by atoms with E-state index >= 15 is 0 Å². The first kappa shape index (κ1) is 17.2. The molecular weight excluding hydrogens is 366 g/mol. The average Bonchev–Trinajstić information content (AvgIpc) is 2.62. The monoisotopic (exact) mass is 387 g/mol. The summed E-state index contributed by atoms with van der Waals surface area (Å²) in [7, 11) is 0. The van der Waals surface area contributed by atoms with E-state index < -0.39 is 0 Å². The van der Waals surface area contributed by atoms with Crippen LogP contribution in [-0.2, 0) is 21.4 Å². The third-order valence-electron chi connectivity index (χ3n) is 4.71. The maximum absolute atomic E-state index is 12.4. The standard InChI is InChI=1S/C20H22BrNO2/c21-18-8-4-5-16(13-18)14-19(23)22-15-20(9-11-24-12-10-20)17-6-2-1-3-7-17/h1-8,13H,9-12,14-15H2,(H,22,23). The molecule has 3 rings (SSSR count). The highest BCUT2D eigenvalue weighted by atomic mass is 79.9. The molecule has 24 heavy (non-hydrogen) atoms. The first-order valence-corrected chi connectivity index (χ1v) is 9.12. The van der Waals surface area contributed by atoms with Crippen LogP contribution in [0.15, 0.2) is 59.1 Å². The molecule has 0 aromatic heterocycles. The van der Waals surface area contributed by atoms with E-state index in [0.717, 1.165) is 36.1 Å². The fourth-order valence-electron chi connectivity index (χ4n) is 3.28. The van der Waals surface area contributed by atoms with Gasteiger partial charge in [-0.2, -0.15) is 0 Å². The van der Waals surface area contributed by atoms with Gasteiger partial charge in [-0.05, 0) is 36.1 Å². The van der Waals surface area contributed by atoms with Crippen molar-refractivity contribution in [3.63, 3.8) is 0 Å². The second kappa shape index (κ2) is 7.95. The van der Waals surface area contributed by atoms with Crippen molar-refractivity contribution in [2.45, 2.75) is 24.7 Å². The Morgan fingerprint density at radius 2 is 1.83 bits per heavy atom. The van der Waals surface area contributed by atoms with Gasteiger partial charge < -0.3 is 10.1 Å². The highest BCUT2D eigenvalue weighted by Gasteiger charge is 2.34. The summed E-state index contributed by atoms with van der Waals surface area (Å²) >= 11 is 3.45. The van der Waals surface area contributed by atoms with Gasteiger partial charge in [0.2, 0.25) is 5.91 Å². The van der Waals surface area contributed by atoms with E-state index in [1.165, 1.54) is 5.56 Å². The minimum absolute atomic E-state index is 0.0214. The van der Waals surface area contributed by atoms with Crippen LogP contribution in [0.2, 0.25) is 0 Å². The molecule has 1 N–H and O–H groups in total. The number of hydrogen-bond acceptors (Lipinski definition) is 2. The van der Waals surface area contributed by atoms with Gasteiger partial charge in [-0.25, -0.2) is 0 Å². The molecule has 2 aromatic carbocycles. The zero-order valence-electron chi connectivity index (χ0n) is 13.6. The smallest absolute Gasteiger partial charge is 0.224 e. The lowest BCUT2D eigenvalue weighted by molar-refractivity contribution is -0.120. The third-order valence-corrected chi connectivity index (χ3v) is 5.21. The molecule has 1 saturated heterocycles. The van der Waals surface area contributed by atoms with Crippen LogP contribution in [0, 0.1) is 0 Å². The number of halogens is 1. The van der Waals surface area contributed by atoms with Crippen LogP contribution < -0.4 is 5.32 Å². The molecular formula is C20H22BrNO2. The van der Waals surface area contributed by atoms with Crippen molar-refractivity contribution >= 4 is 21.8 Å². The van der Waals surface area contributed by atoms with E-state index in [0.29, 0.717) is 13.0 Å². The molecule has 0 unspecified atom stereocenters. The number of carbonyl (C=O) groups is 1. The van der Waals surface area contributed by atoms with Crippen LogP contribution in [0.4, 0.5) is 0 Å². The lowest BCUT2D eigenvalue weighted by atomic mass is 9.74. The molecule has 1 amide bonds. The zero-order valence-corrected chi connectivity index (χ0v) is 15.2. The maximum Gasteiger partial charge on any atom is 0.224 e. The minimum Gasteiger partial charge on any atom is -0.381 e. The lowest BCUT2D eigenvalue weighted by Crippen LogP contribution is -2.45. The predicted octanol–water partition coefficient (Wildman–Crippen LogP) is 3.86. The third kappa shape index (κ3) is 4.25. The summed E-state index contributed by atoms with van der Waals surface area (Å²) in [6, 6.07) is 18.4. The van der Waals surface area contributed by atoms with Gasteiger partial charge >= 0.3 is 0 Å². The molecule has 1 heterocycles. The minimum atomic E-state index is -0.0214. The van der Waals surface area contributed by atoms with Crippen molar-refractivity contribution in [1.82, 2.24) is 5.32 Å². The zero-order chi connectivity index (χ0) is 16.8. The molecule has 0 saturated carbocycles. The topological polar surface area (TPSA) is 38.3 Å². The molecule has 0 spiro atoms. The summed E-state index contributed by atoms with van der Waals surface area (Å²) in [6.45, 7) is 2.15. The number of benzene rings is 2. The Labute approximate surface area is 151 Å². The summed E-state index contributed by atoms with van der Waals surface area (Å²) in [5, 5.41) is 3.15. The van der Waals surface area contributed by atoms with Gasteiger partial charge in [-0.1, -0.05) is 58.4 Å². The van der Waals surface area contributed by atoms with Crippen molar-refractivity contribution in [1.29, 1.82) is 0 Å². The summed E-state index contributed by atoms with van der Waals surface area (Å²) in [5.41, 5.74) is 2.28. The Kier molecular flexibility index (Phi) is 5.69. The highest BCUT2D eigenvalue weighted by Crippen LogP contribution is 2.34. The summed E-state index contributed by atoms with van der Waals surface area (Å²) in [6.07, 6.45) is 2.28. The number of rotatable bonds is 5. The Balaban J connectivity index is 1.66. The quantitative estimate of drug-likeness (QED) is 0.845. The molecule has 0 aliphatic carbocycles. The molecule has 2 aromatic rings. The van der Waals surface area contributed by atoms with Crippen molar-refractivity contribution < 1.29 is 9.53 Å². The first-order chi connectivity index (χ1) is 11.7. The highest BCUT2D eigenvalue weighted by molar-refractivity contribution is 9.10. The van der Waals surface area contributed by atoms with E-state index in [9.17, 15) is 4.79 Å². The van der Waals surface area contributed by atoms with Gasteiger partial charge in [-0.3, -0.25) is 4.79 Å². The fourth-order valence-corrected chi connectivity index (χ4v) is 3.73. The number of carbonyl (C=O) groups excluding carboxylic acids is 1. The molecule has 1 aliphatic heterocycles.